The van der Waals surface area contributed by atoms with Gasteiger partial charge < -0.3 is 11.1 Å². The van der Waals surface area contributed by atoms with Gasteiger partial charge in [0.05, 0.1) is 17.8 Å². The van der Waals surface area contributed by atoms with Crippen LogP contribution in [0.1, 0.15) is 40.5 Å². The molecule has 0 atom stereocenters. The van der Waals surface area contributed by atoms with E-state index in [4.69, 9.17) is 5.73 Å². The summed E-state index contributed by atoms with van der Waals surface area (Å²) in [6.45, 7) is -0.138. The van der Waals surface area contributed by atoms with Crippen molar-refractivity contribution >= 4 is 34.8 Å². The number of nitrogens with zero attached hydrogens (tertiary/aromatic N) is 1. The topological polar surface area (TPSA) is 68.0 Å². The van der Waals surface area contributed by atoms with Crippen LogP contribution >= 0.6 is 23.7 Å². The van der Waals surface area contributed by atoms with Gasteiger partial charge in [-0.15, -0.1) is 23.7 Å². The average Bonchev–Trinajstić information content (AvgIpc) is 3.30. The predicted molar refractivity (Wildman–Crippen MR) is 93.3 cm³/mol. The van der Waals surface area contributed by atoms with E-state index in [1.165, 1.54) is 17.4 Å². The Kier molecular flexibility index (Phi) is 6.08. The Morgan fingerprint density at radius 1 is 1.36 bits per heavy atom. The third kappa shape index (κ3) is 4.93. The van der Waals surface area contributed by atoms with E-state index in [0.717, 1.165) is 35.5 Å². The van der Waals surface area contributed by atoms with Crippen molar-refractivity contribution in [1.29, 1.82) is 0 Å². The second-order valence-corrected chi connectivity index (χ2v) is 6.81. The number of rotatable bonds is 5. The number of halogens is 4. The first kappa shape index (κ1) is 19.7. The lowest BCUT2D eigenvalue weighted by molar-refractivity contribution is -0.137. The number of aromatic nitrogens is 1. The van der Waals surface area contributed by atoms with Gasteiger partial charge in [-0.25, -0.2) is 4.98 Å². The molecule has 3 rings (SSSR count). The Morgan fingerprint density at radius 2 is 2.08 bits per heavy atom. The molecule has 1 aromatic carbocycles. The van der Waals surface area contributed by atoms with Crippen LogP contribution in [0.25, 0.3) is 0 Å². The van der Waals surface area contributed by atoms with Crippen LogP contribution in [0.2, 0.25) is 0 Å². The first-order valence-corrected chi connectivity index (χ1v) is 8.34. The van der Waals surface area contributed by atoms with Gasteiger partial charge in [0.1, 0.15) is 0 Å². The highest BCUT2D eigenvalue weighted by Crippen LogP contribution is 2.44. The molecule has 0 unspecified atom stereocenters. The van der Waals surface area contributed by atoms with Gasteiger partial charge in [0, 0.05) is 17.2 Å². The molecule has 1 heterocycles. The number of thiazole rings is 1. The van der Waals surface area contributed by atoms with Crippen LogP contribution < -0.4 is 11.1 Å². The SMILES string of the molecule is Cl.NCC(=O)Nc1nc(C2CC2)c(Cc2cccc(C(F)(F)F)c2)s1. The highest BCUT2D eigenvalue weighted by Gasteiger charge is 2.32. The standard InChI is InChI=1S/C16H16F3N3OS.ClH/c17-16(18,19)11-3-1-2-9(6-11)7-12-14(10-4-5-10)22-15(24-12)21-13(23)8-20;/h1-3,6,10H,4-5,7-8,20H2,(H,21,22,23);1H. The van der Waals surface area contributed by atoms with Crippen molar-refractivity contribution in [2.75, 3.05) is 11.9 Å². The van der Waals surface area contributed by atoms with Crippen LogP contribution in [0.5, 0.6) is 0 Å². The van der Waals surface area contributed by atoms with Crippen LogP contribution in [-0.2, 0) is 17.4 Å². The molecular formula is C16H17ClF3N3OS. The van der Waals surface area contributed by atoms with E-state index < -0.39 is 11.7 Å². The maximum absolute atomic E-state index is 12.8. The number of nitrogens with two attached hydrogens (primary N) is 1. The summed E-state index contributed by atoms with van der Waals surface area (Å²) >= 11 is 1.30. The summed E-state index contributed by atoms with van der Waals surface area (Å²) in [5, 5.41) is 3.07. The van der Waals surface area contributed by atoms with Crippen molar-refractivity contribution in [1.82, 2.24) is 4.98 Å². The molecule has 1 aromatic heterocycles. The minimum absolute atomic E-state index is 0. The number of carbonyl (C=O) groups is 1. The van der Waals surface area contributed by atoms with E-state index >= 15 is 0 Å². The van der Waals surface area contributed by atoms with Crippen LogP contribution in [0.4, 0.5) is 18.3 Å². The smallest absolute Gasteiger partial charge is 0.322 e. The summed E-state index contributed by atoms with van der Waals surface area (Å²) in [4.78, 5) is 16.7. The molecule has 4 nitrogen and oxygen atoms in total. The van der Waals surface area contributed by atoms with Crippen molar-refractivity contribution in [3.05, 3.63) is 46.0 Å². The minimum Gasteiger partial charge on any atom is -0.322 e. The van der Waals surface area contributed by atoms with Crippen LogP contribution in [0.3, 0.4) is 0 Å². The molecule has 1 aliphatic rings. The molecule has 0 aliphatic heterocycles. The molecule has 0 bridgehead atoms. The third-order valence-corrected chi connectivity index (χ3v) is 4.73. The fourth-order valence-corrected chi connectivity index (χ4v) is 3.53. The van der Waals surface area contributed by atoms with Crippen molar-refractivity contribution in [2.45, 2.75) is 31.4 Å². The number of alkyl halides is 3. The first-order chi connectivity index (χ1) is 11.4. The number of amides is 1. The maximum atomic E-state index is 12.8. The Labute approximate surface area is 153 Å². The normalized spacial score (nSPS) is 14.1. The number of anilines is 1. The predicted octanol–water partition coefficient (Wildman–Crippen LogP) is 3.95. The van der Waals surface area contributed by atoms with E-state index in [-0.39, 0.29) is 24.9 Å². The lowest BCUT2D eigenvalue weighted by Crippen LogP contribution is -2.21. The van der Waals surface area contributed by atoms with E-state index in [1.54, 1.807) is 6.07 Å². The molecule has 0 radical (unpaired) electrons. The summed E-state index contributed by atoms with van der Waals surface area (Å²) in [6, 6.07) is 5.30. The summed E-state index contributed by atoms with van der Waals surface area (Å²) in [6.07, 6.45) is -1.96. The monoisotopic (exact) mass is 391 g/mol. The zero-order chi connectivity index (χ0) is 17.3. The highest BCUT2D eigenvalue weighted by atomic mass is 35.5. The van der Waals surface area contributed by atoms with E-state index in [2.05, 4.69) is 10.3 Å². The quantitative estimate of drug-likeness (QED) is 0.810. The van der Waals surface area contributed by atoms with E-state index in [9.17, 15) is 18.0 Å². The van der Waals surface area contributed by atoms with Crippen molar-refractivity contribution < 1.29 is 18.0 Å². The lowest BCUT2D eigenvalue weighted by atomic mass is 10.1. The number of hydrogen-bond acceptors (Lipinski definition) is 4. The second-order valence-electron chi connectivity index (χ2n) is 5.73. The maximum Gasteiger partial charge on any atom is 0.416 e. The highest BCUT2D eigenvalue weighted by molar-refractivity contribution is 7.15. The van der Waals surface area contributed by atoms with Crippen molar-refractivity contribution in [3.63, 3.8) is 0 Å². The molecule has 1 amide bonds. The molecule has 3 N–H and O–H groups in total. The van der Waals surface area contributed by atoms with Crippen LogP contribution in [0, 0.1) is 0 Å². The molecule has 136 valence electrons. The summed E-state index contributed by atoms with van der Waals surface area (Å²) < 4.78 is 38.5. The molecular weight excluding hydrogens is 375 g/mol. The van der Waals surface area contributed by atoms with E-state index in [0.29, 0.717) is 23.0 Å². The Hall–Kier alpha value is -1.64. The summed E-state index contributed by atoms with van der Waals surface area (Å²) in [5.41, 5.74) is 6.07. The van der Waals surface area contributed by atoms with Gasteiger partial charge in [0.15, 0.2) is 5.13 Å². The lowest BCUT2D eigenvalue weighted by Gasteiger charge is -2.08. The number of carbonyl (C=O) groups excluding carboxylic acids is 1. The molecule has 0 spiro atoms. The van der Waals surface area contributed by atoms with Crippen LogP contribution in [0.15, 0.2) is 24.3 Å². The molecule has 1 saturated carbocycles. The zero-order valence-corrected chi connectivity index (χ0v) is 14.7. The third-order valence-electron chi connectivity index (χ3n) is 3.74. The number of hydrogen-bond donors (Lipinski definition) is 2. The minimum atomic E-state index is -4.36. The molecule has 2 aromatic rings. The fraction of sp³-hybridized carbons (Fsp3) is 0.375. The summed E-state index contributed by atoms with van der Waals surface area (Å²) in [5.74, 6) is 0.00212. The van der Waals surface area contributed by atoms with Gasteiger partial charge in [-0.2, -0.15) is 13.2 Å². The molecule has 0 saturated heterocycles. The number of nitrogens with one attached hydrogen (secondary N) is 1. The van der Waals surface area contributed by atoms with Crippen LogP contribution in [-0.4, -0.2) is 17.4 Å². The van der Waals surface area contributed by atoms with Gasteiger partial charge in [-0.05, 0) is 24.5 Å². The molecule has 25 heavy (non-hydrogen) atoms. The van der Waals surface area contributed by atoms with Gasteiger partial charge >= 0.3 is 6.18 Å². The zero-order valence-electron chi connectivity index (χ0n) is 13.1. The second kappa shape index (κ2) is 7.72. The number of benzene rings is 1. The van der Waals surface area contributed by atoms with Gasteiger partial charge in [0.2, 0.25) is 5.91 Å². The average molecular weight is 392 g/mol. The van der Waals surface area contributed by atoms with Gasteiger partial charge in [-0.3, -0.25) is 4.79 Å². The molecule has 1 fully saturated rings. The Balaban J connectivity index is 0.00000225. The van der Waals surface area contributed by atoms with Gasteiger partial charge in [0.25, 0.3) is 0 Å². The largest absolute Gasteiger partial charge is 0.416 e. The van der Waals surface area contributed by atoms with E-state index in [1.807, 2.05) is 0 Å². The van der Waals surface area contributed by atoms with Gasteiger partial charge in [-0.1, -0.05) is 18.2 Å². The Bertz CT molecular complexity index is 759. The fourth-order valence-electron chi connectivity index (χ4n) is 2.43. The van der Waals surface area contributed by atoms with Crippen molar-refractivity contribution in [3.8, 4) is 0 Å². The van der Waals surface area contributed by atoms with Crippen molar-refractivity contribution in [2.24, 2.45) is 5.73 Å². The Morgan fingerprint density at radius 3 is 2.68 bits per heavy atom. The first-order valence-electron chi connectivity index (χ1n) is 7.52. The molecule has 9 heteroatoms. The summed E-state index contributed by atoms with van der Waals surface area (Å²) in [7, 11) is 0. The molecule has 1 aliphatic carbocycles.